The van der Waals surface area contributed by atoms with Crippen molar-refractivity contribution in [1.82, 2.24) is 10.2 Å². The van der Waals surface area contributed by atoms with Gasteiger partial charge in [-0.25, -0.2) is 12.8 Å². The van der Waals surface area contributed by atoms with E-state index in [4.69, 9.17) is 4.74 Å². The van der Waals surface area contributed by atoms with Gasteiger partial charge in [0.25, 0.3) is 10.0 Å². The fraction of sp³-hybridized carbons (Fsp3) is 0.355. The van der Waals surface area contributed by atoms with Crippen LogP contribution in [0, 0.1) is 18.7 Å². The number of rotatable bonds is 13. The molecule has 0 saturated heterocycles. The highest BCUT2D eigenvalue weighted by molar-refractivity contribution is 7.92. The molecule has 0 unspecified atom stereocenters. The van der Waals surface area contributed by atoms with Crippen molar-refractivity contribution < 1.29 is 27.1 Å². The number of sulfonamides is 1. The molecule has 0 bridgehead atoms. The quantitative estimate of drug-likeness (QED) is 0.308. The van der Waals surface area contributed by atoms with Crippen molar-refractivity contribution in [2.24, 2.45) is 5.92 Å². The average molecular weight is 584 g/mol. The smallest absolute Gasteiger partial charge is 0.264 e. The topological polar surface area (TPSA) is 96.0 Å². The Hall–Kier alpha value is -3.92. The van der Waals surface area contributed by atoms with Crippen molar-refractivity contribution in [1.29, 1.82) is 0 Å². The molecular weight excluding hydrogens is 545 g/mol. The van der Waals surface area contributed by atoms with Crippen LogP contribution in [0.15, 0.2) is 77.7 Å². The van der Waals surface area contributed by atoms with Crippen LogP contribution in [0.5, 0.6) is 5.75 Å². The number of amides is 2. The number of nitrogens with zero attached hydrogens (tertiary/aromatic N) is 2. The van der Waals surface area contributed by atoms with Crippen molar-refractivity contribution in [3.8, 4) is 5.75 Å². The minimum atomic E-state index is -4.27. The van der Waals surface area contributed by atoms with Crippen molar-refractivity contribution in [2.75, 3.05) is 24.0 Å². The van der Waals surface area contributed by atoms with E-state index in [9.17, 15) is 22.4 Å². The number of aryl methyl sites for hydroxylation is 1. The summed E-state index contributed by atoms with van der Waals surface area (Å²) in [6.45, 7) is 9.65. The lowest BCUT2D eigenvalue weighted by Gasteiger charge is -2.32. The van der Waals surface area contributed by atoms with Gasteiger partial charge in [0.05, 0.1) is 17.2 Å². The zero-order valence-electron chi connectivity index (χ0n) is 24.1. The van der Waals surface area contributed by atoms with Gasteiger partial charge in [-0.05, 0) is 80.8 Å². The van der Waals surface area contributed by atoms with Gasteiger partial charge in [-0.15, -0.1) is 0 Å². The van der Waals surface area contributed by atoms with Gasteiger partial charge >= 0.3 is 0 Å². The molecule has 0 fully saturated rings. The summed E-state index contributed by atoms with van der Waals surface area (Å²) >= 11 is 0. The van der Waals surface area contributed by atoms with E-state index >= 15 is 0 Å². The predicted molar refractivity (Wildman–Crippen MR) is 158 cm³/mol. The van der Waals surface area contributed by atoms with Crippen LogP contribution in [0.25, 0.3) is 0 Å². The Balaban J connectivity index is 1.99. The lowest BCUT2D eigenvalue weighted by Crippen LogP contribution is -2.51. The number of ether oxygens (including phenoxy) is 1. The molecule has 0 spiro atoms. The van der Waals surface area contributed by atoms with E-state index < -0.39 is 34.3 Å². The van der Waals surface area contributed by atoms with Gasteiger partial charge in [0.1, 0.15) is 24.2 Å². The molecule has 0 aliphatic heterocycles. The molecule has 1 N–H and O–H groups in total. The first kappa shape index (κ1) is 31.6. The van der Waals surface area contributed by atoms with Crippen LogP contribution in [-0.4, -0.2) is 50.9 Å². The number of anilines is 1. The maximum absolute atomic E-state index is 13.9. The molecule has 0 saturated carbocycles. The third kappa shape index (κ3) is 8.53. The SMILES string of the molecule is CCOc1ccc(S(=O)(=O)N(CC(=O)N(Cc2ccc(C)cc2)[C@H](C)C(=O)NCC(C)C)c2ccc(F)cc2)cc1. The van der Waals surface area contributed by atoms with Crippen LogP contribution in [-0.2, 0) is 26.2 Å². The van der Waals surface area contributed by atoms with Gasteiger partial charge in [0, 0.05) is 13.1 Å². The zero-order valence-corrected chi connectivity index (χ0v) is 24.9. The fourth-order valence-electron chi connectivity index (χ4n) is 4.06. The van der Waals surface area contributed by atoms with E-state index in [1.807, 2.05) is 52.0 Å². The second-order valence-electron chi connectivity index (χ2n) is 10.2. The molecule has 3 rings (SSSR count). The standard InChI is InChI=1S/C31H38FN3O5S/c1-6-40-28-15-17-29(18-16-28)41(38,39)35(27-13-11-26(32)12-14-27)21-30(36)34(20-25-9-7-23(4)8-10-25)24(5)31(37)33-19-22(2)3/h7-18,22,24H,6,19-21H2,1-5H3,(H,33,37)/t24-/m1/s1. The largest absolute Gasteiger partial charge is 0.494 e. The summed E-state index contributed by atoms with van der Waals surface area (Å²) in [6, 6.07) is 17.4. The van der Waals surface area contributed by atoms with Crippen LogP contribution >= 0.6 is 0 Å². The maximum Gasteiger partial charge on any atom is 0.264 e. The van der Waals surface area contributed by atoms with E-state index in [2.05, 4.69) is 5.32 Å². The number of benzene rings is 3. The molecule has 0 aromatic heterocycles. The van der Waals surface area contributed by atoms with Crippen LogP contribution in [0.1, 0.15) is 38.8 Å². The number of hydrogen-bond donors (Lipinski definition) is 1. The van der Waals surface area contributed by atoms with Gasteiger partial charge in [0.15, 0.2) is 0 Å². The Morgan fingerprint density at radius 2 is 1.54 bits per heavy atom. The lowest BCUT2D eigenvalue weighted by molar-refractivity contribution is -0.139. The molecule has 3 aromatic rings. The van der Waals surface area contributed by atoms with Crippen LogP contribution in [0.2, 0.25) is 0 Å². The van der Waals surface area contributed by atoms with Crippen LogP contribution in [0.4, 0.5) is 10.1 Å². The zero-order chi connectivity index (χ0) is 30.2. The van der Waals surface area contributed by atoms with Crippen LogP contribution in [0.3, 0.4) is 0 Å². The summed E-state index contributed by atoms with van der Waals surface area (Å²) in [5.74, 6) is -0.768. The summed E-state index contributed by atoms with van der Waals surface area (Å²) in [5, 5.41) is 2.86. The highest BCUT2D eigenvalue weighted by Crippen LogP contribution is 2.26. The molecule has 3 aromatic carbocycles. The highest BCUT2D eigenvalue weighted by atomic mass is 32.2. The number of carbonyl (C=O) groups is 2. The van der Waals surface area contributed by atoms with E-state index in [0.29, 0.717) is 18.9 Å². The van der Waals surface area contributed by atoms with Gasteiger partial charge in [-0.3, -0.25) is 13.9 Å². The van der Waals surface area contributed by atoms with Crippen molar-refractivity contribution in [3.05, 3.63) is 89.7 Å². The number of nitrogens with one attached hydrogen (secondary N) is 1. The van der Waals surface area contributed by atoms with Gasteiger partial charge < -0.3 is 15.0 Å². The maximum atomic E-state index is 13.9. The predicted octanol–water partition coefficient (Wildman–Crippen LogP) is 4.92. The molecule has 0 aliphatic rings. The second kappa shape index (κ2) is 14.1. The van der Waals surface area contributed by atoms with E-state index in [1.165, 1.54) is 41.3 Å². The van der Waals surface area contributed by atoms with Gasteiger partial charge in [0.2, 0.25) is 11.8 Å². The highest BCUT2D eigenvalue weighted by Gasteiger charge is 2.32. The second-order valence-corrected chi connectivity index (χ2v) is 12.1. The molecular formula is C31H38FN3O5S. The van der Waals surface area contributed by atoms with E-state index in [-0.39, 0.29) is 29.0 Å². The average Bonchev–Trinajstić information content (AvgIpc) is 2.94. The van der Waals surface area contributed by atoms with Crippen molar-refractivity contribution >= 4 is 27.5 Å². The summed E-state index contributed by atoms with van der Waals surface area (Å²) in [4.78, 5) is 28.3. The number of hydrogen-bond acceptors (Lipinski definition) is 5. The Morgan fingerprint density at radius 1 is 0.927 bits per heavy atom. The minimum absolute atomic E-state index is 0.0640. The summed E-state index contributed by atoms with van der Waals surface area (Å²) in [7, 11) is -4.27. The molecule has 220 valence electrons. The molecule has 1 atom stereocenters. The Kier molecular flexibility index (Phi) is 10.9. The molecule has 0 heterocycles. The Labute approximate surface area is 242 Å². The van der Waals surface area contributed by atoms with E-state index in [1.54, 1.807) is 6.92 Å². The van der Waals surface area contributed by atoms with Gasteiger partial charge in [-0.1, -0.05) is 43.7 Å². The first-order valence-electron chi connectivity index (χ1n) is 13.6. The first-order chi connectivity index (χ1) is 19.4. The lowest BCUT2D eigenvalue weighted by atomic mass is 10.1. The summed E-state index contributed by atoms with van der Waals surface area (Å²) in [6.07, 6.45) is 0. The number of halogens is 1. The monoisotopic (exact) mass is 583 g/mol. The molecule has 8 nitrogen and oxygen atoms in total. The summed E-state index contributed by atoms with van der Waals surface area (Å²) < 4.78 is 47.9. The molecule has 41 heavy (non-hydrogen) atoms. The first-order valence-corrected chi connectivity index (χ1v) is 15.0. The Morgan fingerprint density at radius 3 is 2.10 bits per heavy atom. The van der Waals surface area contributed by atoms with Crippen molar-refractivity contribution in [3.63, 3.8) is 0 Å². The molecule has 2 amide bonds. The molecule has 0 aliphatic carbocycles. The minimum Gasteiger partial charge on any atom is -0.494 e. The third-order valence-corrected chi connectivity index (χ3v) is 8.23. The summed E-state index contributed by atoms with van der Waals surface area (Å²) in [5.41, 5.74) is 1.94. The van der Waals surface area contributed by atoms with E-state index in [0.717, 1.165) is 27.6 Å². The van der Waals surface area contributed by atoms with Crippen LogP contribution < -0.4 is 14.4 Å². The Bertz CT molecular complexity index is 1410. The molecule has 0 radical (unpaired) electrons. The van der Waals surface area contributed by atoms with Gasteiger partial charge in [-0.2, -0.15) is 0 Å². The molecule has 10 heteroatoms. The fourth-order valence-corrected chi connectivity index (χ4v) is 5.48. The normalized spacial score (nSPS) is 12.1. The third-order valence-electron chi connectivity index (χ3n) is 6.44. The van der Waals surface area contributed by atoms with Crippen molar-refractivity contribution in [2.45, 2.75) is 52.1 Å². The number of carbonyl (C=O) groups excluding carboxylic acids is 2.